The van der Waals surface area contributed by atoms with Gasteiger partial charge in [0.15, 0.2) is 0 Å². The van der Waals surface area contributed by atoms with Crippen molar-refractivity contribution in [3.63, 3.8) is 0 Å². The van der Waals surface area contributed by atoms with E-state index in [4.69, 9.17) is 9.84 Å². The number of hydrogen-bond acceptors (Lipinski definition) is 4. The molecule has 4 heteroatoms. The second-order valence-electron chi connectivity index (χ2n) is 3.88. The molecular weight excluding hydrogens is 168 g/mol. The van der Waals surface area contributed by atoms with Crippen molar-refractivity contribution in [3.8, 4) is 0 Å². The average Bonchev–Trinajstić information content (AvgIpc) is 2.14. The molecule has 0 aromatic carbocycles. The molecule has 2 heterocycles. The second-order valence-corrected chi connectivity index (χ2v) is 3.88. The fourth-order valence-electron chi connectivity index (χ4n) is 2.12. The van der Waals surface area contributed by atoms with E-state index in [9.17, 15) is 0 Å². The van der Waals surface area contributed by atoms with Crippen molar-refractivity contribution in [2.75, 3.05) is 39.3 Å². The van der Waals surface area contributed by atoms with E-state index in [2.05, 4.69) is 10.2 Å². The maximum Gasteiger partial charge on any atom is 0.0831 e. The summed E-state index contributed by atoms with van der Waals surface area (Å²) in [6.07, 6.45) is 1.62. The maximum absolute atomic E-state index is 8.73. The Hall–Kier alpha value is -0.160. The third-order valence-electron chi connectivity index (χ3n) is 2.69. The lowest BCUT2D eigenvalue weighted by atomic mass is 10.1. The summed E-state index contributed by atoms with van der Waals surface area (Å²) < 4.78 is 5.77. The first-order valence-electron chi connectivity index (χ1n) is 5.08. The van der Waals surface area contributed by atoms with Crippen LogP contribution >= 0.6 is 0 Å². The molecule has 0 radical (unpaired) electrons. The standard InChI is InChI=1S/C9H18N2O2/c12-3-1-2-11-6-8-4-10-5-9(7-11)13-8/h8-10,12H,1-7H2. The molecule has 2 N–H and O–H groups in total. The highest BCUT2D eigenvalue weighted by molar-refractivity contribution is 4.84. The Balaban J connectivity index is 1.80. The van der Waals surface area contributed by atoms with Crippen LogP contribution in [0.4, 0.5) is 0 Å². The van der Waals surface area contributed by atoms with Gasteiger partial charge in [0.05, 0.1) is 12.2 Å². The van der Waals surface area contributed by atoms with Gasteiger partial charge in [-0.2, -0.15) is 0 Å². The summed E-state index contributed by atoms with van der Waals surface area (Å²) in [5, 5.41) is 12.1. The molecular formula is C9H18N2O2. The van der Waals surface area contributed by atoms with Gasteiger partial charge in [0.25, 0.3) is 0 Å². The van der Waals surface area contributed by atoms with Crippen molar-refractivity contribution in [2.24, 2.45) is 0 Å². The number of aliphatic hydroxyl groups excluding tert-OH is 1. The van der Waals surface area contributed by atoms with Crippen LogP contribution in [0, 0.1) is 0 Å². The summed E-state index contributed by atoms with van der Waals surface area (Å²) in [5.74, 6) is 0. The first-order chi connectivity index (χ1) is 6.38. The van der Waals surface area contributed by atoms with Crippen molar-refractivity contribution < 1.29 is 9.84 Å². The van der Waals surface area contributed by atoms with Crippen LogP contribution in [0.15, 0.2) is 0 Å². The summed E-state index contributed by atoms with van der Waals surface area (Å²) in [6.45, 7) is 5.29. The number of ether oxygens (including phenoxy) is 1. The molecule has 2 bridgehead atoms. The van der Waals surface area contributed by atoms with E-state index in [1.165, 1.54) is 0 Å². The van der Waals surface area contributed by atoms with Crippen LogP contribution in [-0.4, -0.2) is 61.5 Å². The van der Waals surface area contributed by atoms with E-state index in [0.29, 0.717) is 18.8 Å². The van der Waals surface area contributed by atoms with Crippen LogP contribution in [0.25, 0.3) is 0 Å². The molecule has 0 aromatic rings. The minimum Gasteiger partial charge on any atom is -0.396 e. The Morgan fingerprint density at radius 3 is 2.62 bits per heavy atom. The van der Waals surface area contributed by atoms with E-state index in [1.54, 1.807) is 0 Å². The lowest BCUT2D eigenvalue weighted by Crippen LogP contribution is -2.58. The zero-order valence-corrected chi connectivity index (χ0v) is 7.91. The normalized spacial score (nSPS) is 34.8. The first-order valence-corrected chi connectivity index (χ1v) is 5.08. The Bertz CT molecular complexity index is 154. The predicted molar refractivity (Wildman–Crippen MR) is 49.7 cm³/mol. The zero-order chi connectivity index (χ0) is 9.10. The summed E-state index contributed by atoms with van der Waals surface area (Å²) in [6, 6.07) is 0. The Morgan fingerprint density at radius 2 is 2.00 bits per heavy atom. The molecule has 2 rings (SSSR count). The number of morpholine rings is 2. The van der Waals surface area contributed by atoms with Crippen molar-refractivity contribution >= 4 is 0 Å². The van der Waals surface area contributed by atoms with E-state index < -0.39 is 0 Å². The van der Waals surface area contributed by atoms with Gasteiger partial charge in [0.2, 0.25) is 0 Å². The molecule has 2 aliphatic heterocycles. The monoisotopic (exact) mass is 186 g/mol. The van der Waals surface area contributed by atoms with Gasteiger partial charge in [-0.3, -0.25) is 4.90 Å². The van der Waals surface area contributed by atoms with E-state index in [0.717, 1.165) is 39.1 Å². The summed E-state index contributed by atoms with van der Waals surface area (Å²) >= 11 is 0. The summed E-state index contributed by atoms with van der Waals surface area (Å²) in [7, 11) is 0. The second kappa shape index (κ2) is 4.37. The number of aliphatic hydroxyl groups is 1. The quantitative estimate of drug-likeness (QED) is 0.596. The molecule has 2 unspecified atom stereocenters. The number of rotatable bonds is 3. The van der Waals surface area contributed by atoms with Crippen LogP contribution in [0.2, 0.25) is 0 Å². The smallest absolute Gasteiger partial charge is 0.0831 e. The SMILES string of the molecule is OCCCN1CC2CNCC(C1)O2. The van der Waals surface area contributed by atoms with Gasteiger partial charge in [-0.1, -0.05) is 0 Å². The number of hydrogen-bond donors (Lipinski definition) is 2. The van der Waals surface area contributed by atoms with E-state index in [1.807, 2.05) is 0 Å². The molecule has 2 atom stereocenters. The molecule has 0 aromatic heterocycles. The van der Waals surface area contributed by atoms with Crippen LogP contribution in [0.3, 0.4) is 0 Å². The van der Waals surface area contributed by atoms with Gasteiger partial charge in [-0.25, -0.2) is 0 Å². The fraction of sp³-hybridized carbons (Fsp3) is 1.00. The van der Waals surface area contributed by atoms with Crippen molar-refractivity contribution in [1.29, 1.82) is 0 Å². The van der Waals surface area contributed by atoms with Gasteiger partial charge in [0.1, 0.15) is 0 Å². The van der Waals surface area contributed by atoms with E-state index >= 15 is 0 Å². The molecule has 2 saturated heterocycles. The zero-order valence-electron chi connectivity index (χ0n) is 7.91. The van der Waals surface area contributed by atoms with Crippen molar-refractivity contribution in [2.45, 2.75) is 18.6 Å². The minimum absolute atomic E-state index is 0.297. The largest absolute Gasteiger partial charge is 0.396 e. The fourth-order valence-corrected chi connectivity index (χ4v) is 2.12. The van der Waals surface area contributed by atoms with Crippen LogP contribution in [0.1, 0.15) is 6.42 Å². The van der Waals surface area contributed by atoms with Gasteiger partial charge in [0, 0.05) is 39.3 Å². The van der Waals surface area contributed by atoms with Crippen molar-refractivity contribution in [1.82, 2.24) is 10.2 Å². The van der Waals surface area contributed by atoms with E-state index in [-0.39, 0.29) is 0 Å². The predicted octanol–water partition coefficient (Wildman–Crippen LogP) is -0.959. The highest BCUT2D eigenvalue weighted by atomic mass is 16.5. The lowest BCUT2D eigenvalue weighted by molar-refractivity contribution is -0.103. The molecule has 2 aliphatic rings. The van der Waals surface area contributed by atoms with Crippen LogP contribution < -0.4 is 5.32 Å². The molecule has 76 valence electrons. The number of nitrogens with zero attached hydrogens (tertiary/aromatic N) is 1. The molecule has 0 saturated carbocycles. The van der Waals surface area contributed by atoms with Gasteiger partial charge >= 0.3 is 0 Å². The lowest BCUT2D eigenvalue weighted by Gasteiger charge is -2.41. The molecule has 13 heavy (non-hydrogen) atoms. The van der Waals surface area contributed by atoms with Gasteiger partial charge in [-0.05, 0) is 6.42 Å². The maximum atomic E-state index is 8.73. The Kier molecular flexibility index (Phi) is 3.16. The number of fused-ring (bicyclic) bond motifs is 2. The topological polar surface area (TPSA) is 44.7 Å². The molecule has 2 fully saturated rings. The summed E-state index contributed by atoms with van der Waals surface area (Å²) in [5.41, 5.74) is 0. The molecule has 4 nitrogen and oxygen atoms in total. The minimum atomic E-state index is 0.297. The van der Waals surface area contributed by atoms with Gasteiger partial charge < -0.3 is 15.2 Å². The highest BCUT2D eigenvalue weighted by Gasteiger charge is 2.30. The first kappa shape index (κ1) is 9.40. The Morgan fingerprint density at radius 1 is 1.31 bits per heavy atom. The number of nitrogens with one attached hydrogen (secondary N) is 1. The van der Waals surface area contributed by atoms with Gasteiger partial charge in [-0.15, -0.1) is 0 Å². The highest BCUT2D eigenvalue weighted by Crippen LogP contribution is 2.13. The average molecular weight is 186 g/mol. The third kappa shape index (κ3) is 2.40. The van der Waals surface area contributed by atoms with Crippen LogP contribution in [-0.2, 0) is 4.74 Å². The molecule has 0 spiro atoms. The van der Waals surface area contributed by atoms with Crippen molar-refractivity contribution in [3.05, 3.63) is 0 Å². The molecule has 0 aliphatic carbocycles. The van der Waals surface area contributed by atoms with Crippen LogP contribution in [0.5, 0.6) is 0 Å². The Labute approximate surface area is 78.9 Å². The third-order valence-corrected chi connectivity index (χ3v) is 2.69. The summed E-state index contributed by atoms with van der Waals surface area (Å²) in [4.78, 5) is 2.40. The molecule has 0 amide bonds.